The standard InChI is InChI=1S/C12H16N2O/c13-11-5-2-1-4-10(11)7-9-14-8-3-6-12(14)15/h1-2,4-5H,3,6-9,13H2. The van der Waals surface area contributed by atoms with Crippen LogP contribution in [0.15, 0.2) is 24.3 Å². The van der Waals surface area contributed by atoms with E-state index in [2.05, 4.69) is 0 Å². The molecule has 0 spiro atoms. The molecule has 0 aromatic heterocycles. The van der Waals surface area contributed by atoms with E-state index < -0.39 is 0 Å². The number of likely N-dealkylation sites (tertiary alicyclic amines) is 1. The second-order valence-electron chi connectivity index (χ2n) is 3.93. The predicted molar refractivity (Wildman–Crippen MR) is 60.4 cm³/mol. The molecule has 1 aromatic rings. The maximum absolute atomic E-state index is 11.4. The quantitative estimate of drug-likeness (QED) is 0.757. The lowest BCUT2D eigenvalue weighted by Gasteiger charge is -2.15. The Morgan fingerprint density at radius 1 is 1.33 bits per heavy atom. The average molecular weight is 204 g/mol. The van der Waals surface area contributed by atoms with Crippen LogP contribution in [0.5, 0.6) is 0 Å². The van der Waals surface area contributed by atoms with Crippen molar-refractivity contribution in [2.75, 3.05) is 18.8 Å². The number of nitrogens with two attached hydrogens (primary N) is 1. The minimum absolute atomic E-state index is 0.282. The number of para-hydroxylation sites is 1. The van der Waals surface area contributed by atoms with Crippen molar-refractivity contribution in [2.45, 2.75) is 19.3 Å². The first-order valence-electron chi connectivity index (χ1n) is 5.38. The summed E-state index contributed by atoms with van der Waals surface area (Å²) in [5.41, 5.74) is 7.80. The first-order chi connectivity index (χ1) is 7.27. The van der Waals surface area contributed by atoms with Gasteiger partial charge in [0.25, 0.3) is 0 Å². The van der Waals surface area contributed by atoms with Gasteiger partial charge in [0.2, 0.25) is 5.91 Å². The van der Waals surface area contributed by atoms with E-state index in [4.69, 9.17) is 5.73 Å². The van der Waals surface area contributed by atoms with Crippen molar-refractivity contribution < 1.29 is 4.79 Å². The molecule has 0 radical (unpaired) electrons. The Labute approximate surface area is 89.9 Å². The predicted octanol–water partition coefficient (Wildman–Crippen LogP) is 1.43. The van der Waals surface area contributed by atoms with E-state index in [-0.39, 0.29) is 5.91 Å². The summed E-state index contributed by atoms with van der Waals surface area (Å²) in [5.74, 6) is 0.282. The van der Waals surface area contributed by atoms with Gasteiger partial charge in [-0.2, -0.15) is 0 Å². The van der Waals surface area contributed by atoms with Crippen LogP contribution in [0, 0.1) is 0 Å². The normalized spacial score (nSPS) is 16.0. The number of hydrogen-bond acceptors (Lipinski definition) is 2. The van der Waals surface area contributed by atoms with E-state index in [0.29, 0.717) is 6.42 Å². The van der Waals surface area contributed by atoms with E-state index in [0.717, 1.165) is 37.2 Å². The fourth-order valence-electron chi connectivity index (χ4n) is 1.96. The molecule has 1 aliphatic rings. The number of carbonyl (C=O) groups is 1. The zero-order valence-corrected chi connectivity index (χ0v) is 8.78. The topological polar surface area (TPSA) is 46.3 Å². The van der Waals surface area contributed by atoms with E-state index in [9.17, 15) is 4.79 Å². The van der Waals surface area contributed by atoms with Crippen molar-refractivity contribution in [3.8, 4) is 0 Å². The van der Waals surface area contributed by atoms with Gasteiger partial charge >= 0.3 is 0 Å². The monoisotopic (exact) mass is 204 g/mol. The largest absolute Gasteiger partial charge is 0.399 e. The summed E-state index contributed by atoms with van der Waals surface area (Å²) in [6, 6.07) is 7.84. The van der Waals surface area contributed by atoms with Gasteiger partial charge in [-0.25, -0.2) is 0 Å². The van der Waals surface area contributed by atoms with Crippen molar-refractivity contribution >= 4 is 11.6 Å². The first-order valence-corrected chi connectivity index (χ1v) is 5.38. The highest BCUT2D eigenvalue weighted by atomic mass is 16.2. The molecule has 1 fully saturated rings. The minimum Gasteiger partial charge on any atom is -0.399 e. The van der Waals surface area contributed by atoms with Gasteiger partial charge in [-0.15, -0.1) is 0 Å². The lowest BCUT2D eigenvalue weighted by atomic mass is 10.1. The third kappa shape index (κ3) is 2.29. The van der Waals surface area contributed by atoms with Crippen molar-refractivity contribution in [1.29, 1.82) is 0 Å². The number of hydrogen-bond donors (Lipinski definition) is 1. The van der Waals surface area contributed by atoms with Gasteiger partial charge in [0.1, 0.15) is 0 Å². The first kappa shape index (κ1) is 10.0. The maximum atomic E-state index is 11.4. The Bertz CT molecular complexity index is 362. The molecule has 0 aliphatic carbocycles. The SMILES string of the molecule is Nc1ccccc1CCN1CCCC1=O. The van der Waals surface area contributed by atoms with Crippen LogP contribution in [0.3, 0.4) is 0 Å². The Balaban J connectivity index is 1.93. The Kier molecular flexibility index (Phi) is 2.90. The molecule has 0 saturated carbocycles. The molecule has 1 amide bonds. The van der Waals surface area contributed by atoms with E-state index in [1.807, 2.05) is 29.2 Å². The van der Waals surface area contributed by atoms with E-state index in [1.54, 1.807) is 0 Å². The third-order valence-electron chi connectivity index (χ3n) is 2.88. The van der Waals surface area contributed by atoms with Gasteiger partial charge in [0.15, 0.2) is 0 Å². The molecule has 1 heterocycles. The van der Waals surface area contributed by atoms with Crippen molar-refractivity contribution in [3.63, 3.8) is 0 Å². The molecule has 0 bridgehead atoms. The zero-order valence-electron chi connectivity index (χ0n) is 8.78. The molecular formula is C12H16N2O. The molecule has 2 rings (SSSR count). The van der Waals surface area contributed by atoms with Crippen LogP contribution in [-0.4, -0.2) is 23.9 Å². The summed E-state index contributed by atoms with van der Waals surface area (Å²) in [4.78, 5) is 13.3. The van der Waals surface area contributed by atoms with Crippen molar-refractivity contribution in [3.05, 3.63) is 29.8 Å². The number of carbonyl (C=O) groups excluding carboxylic acids is 1. The maximum Gasteiger partial charge on any atom is 0.222 e. The summed E-state index contributed by atoms with van der Waals surface area (Å²) >= 11 is 0. The molecule has 15 heavy (non-hydrogen) atoms. The number of benzene rings is 1. The number of anilines is 1. The van der Waals surface area contributed by atoms with Crippen LogP contribution in [0.1, 0.15) is 18.4 Å². The molecule has 1 aliphatic heterocycles. The summed E-state index contributed by atoms with van der Waals surface area (Å²) in [6.45, 7) is 1.71. The second-order valence-corrected chi connectivity index (χ2v) is 3.93. The van der Waals surface area contributed by atoms with Gasteiger partial charge < -0.3 is 10.6 Å². The number of nitrogens with zero attached hydrogens (tertiary/aromatic N) is 1. The van der Waals surface area contributed by atoms with E-state index >= 15 is 0 Å². The van der Waals surface area contributed by atoms with E-state index in [1.165, 1.54) is 0 Å². The highest BCUT2D eigenvalue weighted by Crippen LogP contribution is 2.14. The van der Waals surface area contributed by atoms with Crippen LogP contribution in [0.4, 0.5) is 5.69 Å². The molecule has 3 heteroatoms. The fraction of sp³-hybridized carbons (Fsp3) is 0.417. The molecular weight excluding hydrogens is 188 g/mol. The lowest BCUT2D eigenvalue weighted by molar-refractivity contribution is -0.127. The summed E-state index contributed by atoms with van der Waals surface area (Å²) in [6.07, 6.45) is 2.58. The average Bonchev–Trinajstić information content (AvgIpc) is 2.63. The van der Waals surface area contributed by atoms with Gasteiger partial charge in [-0.05, 0) is 24.5 Å². The molecule has 0 unspecified atom stereocenters. The smallest absolute Gasteiger partial charge is 0.222 e. The van der Waals surface area contributed by atoms with Gasteiger partial charge in [-0.1, -0.05) is 18.2 Å². The van der Waals surface area contributed by atoms with Crippen LogP contribution in [-0.2, 0) is 11.2 Å². The number of rotatable bonds is 3. The number of amides is 1. The van der Waals surface area contributed by atoms with Crippen molar-refractivity contribution in [2.24, 2.45) is 0 Å². The molecule has 2 N–H and O–H groups in total. The molecule has 1 saturated heterocycles. The fourth-order valence-corrected chi connectivity index (χ4v) is 1.96. The molecule has 80 valence electrons. The van der Waals surface area contributed by atoms with Crippen LogP contribution < -0.4 is 5.73 Å². The molecule has 0 atom stereocenters. The zero-order chi connectivity index (χ0) is 10.7. The number of nitrogen functional groups attached to an aromatic ring is 1. The highest BCUT2D eigenvalue weighted by molar-refractivity contribution is 5.78. The summed E-state index contributed by atoms with van der Waals surface area (Å²) < 4.78 is 0. The highest BCUT2D eigenvalue weighted by Gasteiger charge is 2.19. The third-order valence-corrected chi connectivity index (χ3v) is 2.88. The van der Waals surface area contributed by atoms with Gasteiger partial charge in [0.05, 0.1) is 0 Å². The van der Waals surface area contributed by atoms with Crippen molar-refractivity contribution in [1.82, 2.24) is 4.90 Å². The van der Waals surface area contributed by atoms with Crippen LogP contribution >= 0.6 is 0 Å². The van der Waals surface area contributed by atoms with Gasteiger partial charge in [0, 0.05) is 25.2 Å². The second kappa shape index (κ2) is 4.34. The Hall–Kier alpha value is -1.51. The minimum atomic E-state index is 0.282. The van der Waals surface area contributed by atoms with Crippen LogP contribution in [0.25, 0.3) is 0 Å². The Morgan fingerprint density at radius 3 is 2.80 bits per heavy atom. The summed E-state index contributed by atoms with van der Waals surface area (Å²) in [7, 11) is 0. The van der Waals surface area contributed by atoms with Gasteiger partial charge in [-0.3, -0.25) is 4.79 Å². The Morgan fingerprint density at radius 2 is 2.13 bits per heavy atom. The molecule has 3 nitrogen and oxygen atoms in total. The van der Waals surface area contributed by atoms with Crippen LogP contribution in [0.2, 0.25) is 0 Å². The lowest BCUT2D eigenvalue weighted by Crippen LogP contribution is -2.27. The summed E-state index contributed by atoms with van der Waals surface area (Å²) in [5, 5.41) is 0. The molecule has 1 aromatic carbocycles.